The van der Waals surface area contributed by atoms with Crippen LogP contribution in [0, 0.1) is 0 Å². The highest BCUT2D eigenvalue weighted by Gasteiger charge is 2.29. The van der Waals surface area contributed by atoms with E-state index in [-0.39, 0.29) is 0 Å². The molecule has 1 aliphatic rings. The molecule has 0 aliphatic heterocycles. The minimum atomic E-state index is -0.754. The standard InChI is InChI=1S/C18H25NO3/c1-3-10-18(2,21)15-8-5-4-7-14(15)13-22-17-9-6-11-19-16(17)12-20/h6,9,11-12,21H,3-5,7-8,10,13H2,1-2H3. The predicted octanol–water partition coefficient (Wildman–Crippen LogP) is 3.69. The van der Waals surface area contributed by atoms with Crippen molar-refractivity contribution in [3.05, 3.63) is 35.2 Å². The number of carbonyl (C=O) groups excluding carboxylic acids is 1. The second-order valence-electron chi connectivity index (χ2n) is 6.11. The Morgan fingerprint density at radius 3 is 2.91 bits per heavy atom. The molecule has 1 atom stereocenters. The largest absolute Gasteiger partial charge is 0.487 e. The molecule has 22 heavy (non-hydrogen) atoms. The number of pyridine rings is 1. The summed E-state index contributed by atoms with van der Waals surface area (Å²) in [6, 6.07) is 3.51. The molecule has 0 bridgehead atoms. The Balaban J connectivity index is 2.17. The molecule has 1 N–H and O–H groups in total. The van der Waals surface area contributed by atoms with Gasteiger partial charge in [-0.3, -0.25) is 4.79 Å². The molecule has 0 amide bonds. The number of aliphatic hydroxyl groups is 1. The van der Waals surface area contributed by atoms with Crippen molar-refractivity contribution in [3.63, 3.8) is 0 Å². The first-order valence-corrected chi connectivity index (χ1v) is 8.05. The zero-order chi connectivity index (χ0) is 16.0. The molecule has 1 aromatic heterocycles. The summed E-state index contributed by atoms with van der Waals surface area (Å²) >= 11 is 0. The van der Waals surface area contributed by atoms with Gasteiger partial charge in [-0.1, -0.05) is 13.3 Å². The average Bonchev–Trinajstić information content (AvgIpc) is 2.53. The molecule has 120 valence electrons. The molecule has 2 rings (SSSR count). The van der Waals surface area contributed by atoms with E-state index < -0.39 is 5.60 Å². The number of nitrogens with zero attached hydrogens (tertiary/aromatic N) is 1. The molecule has 1 aromatic rings. The summed E-state index contributed by atoms with van der Waals surface area (Å²) in [6.45, 7) is 4.40. The smallest absolute Gasteiger partial charge is 0.172 e. The van der Waals surface area contributed by atoms with Crippen LogP contribution >= 0.6 is 0 Å². The first kappa shape index (κ1) is 16.7. The molecular weight excluding hydrogens is 278 g/mol. The molecular formula is C18H25NO3. The molecule has 0 spiro atoms. The Morgan fingerprint density at radius 2 is 2.18 bits per heavy atom. The van der Waals surface area contributed by atoms with Crippen LogP contribution in [-0.4, -0.2) is 28.6 Å². The second kappa shape index (κ2) is 7.54. The highest BCUT2D eigenvalue weighted by molar-refractivity contribution is 5.76. The maximum atomic E-state index is 11.0. The van der Waals surface area contributed by atoms with Crippen molar-refractivity contribution in [3.8, 4) is 5.75 Å². The fraction of sp³-hybridized carbons (Fsp3) is 0.556. The Morgan fingerprint density at radius 1 is 1.41 bits per heavy atom. The van der Waals surface area contributed by atoms with Crippen LogP contribution < -0.4 is 4.74 Å². The van der Waals surface area contributed by atoms with Gasteiger partial charge in [0.2, 0.25) is 0 Å². The van der Waals surface area contributed by atoms with Crippen molar-refractivity contribution >= 4 is 6.29 Å². The number of rotatable bonds is 7. The van der Waals surface area contributed by atoms with Gasteiger partial charge in [-0.2, -0.15) is 0 Å². The number of hydrogen-bond acceptors (Lipinski definition) is 4. The van der Waals surface area contributed by atoms with Gasteiger partial charge < -0.3 is 9.84 Å². The topological polar surface area (TPSA) is 59.4 Å². The number of ether oxygens (including phenoxy) is 1. The van der Waals surface area contributed by atoms with Gasteiger partial charge in [0, 0.05) is 6.20 Å². The maximum Gasteiger partial charge on any atom is 0.172 e. The average molecular weight is 303 g/mol. The molecule has 0 radical (unpaired) electrons. The van der Waals surface area contributed by atoms with E-state index in [4.69, 9.17) is 4.74 Å². The Hall–Kier alpha value is -1.68. The second-order valence-corrected chi connectivity index (χ2v) is 6.11. The van der Waals surface area contributed by atoms with Gasteiger partial charge in [0.1, 0.15) is 18.1 Å². The van der Waals surface area contributed by atoms with E-state index in [9.17, 15) is 9.90 Å². The molecule has 1 heterocycles. The fourth-order valence-electron chi connectivity index (χ4n) is 3.19. The van der Waals surface area contributed by atoms with Crippen LogP contribution in [0.2, 0.25) is 0 Å². The van der Waals surface area contributed by atoms with Gasteiger partial charge in [0.15, 0.2) is 6.29 Å². The third-order valence-corrected chi connectivity index (χ3v) is 4.28. The predicted molar refractivity (Wildman–Crippen MR) is 86.1 cm³/mol. The van der Waals surface area contributed by atoms with Crippen molar-refractivity contribution in [1.82, 2.24) is 4.98 Å². The summed E-state index contributed by atoms with van der Waals surface area (Å²) in [6.07, 6.45) is 8.11. The van der Waals surface area contributed by atoms with E-state index in [1.165, 1.54) is 5.57 Å². The van der Waals surface area contributed by atoms with Crippen molar-refractivity contribution in [2.24, 2.45) is 0 Å². The molecule has 4 heteroatoms. The first-order chi connectivity index (χ1) is 10.6. The summed E-state index contributed by atoms with van der Waals surface area (Å²) in [5.41, 5.74) is 1.86. The highest BCUT2D eigenvalue weighted by atomic mass is 16.5. The van der Waals surface area contributed by atoms with Crippen LogP contribution in [0.25, 0.3) is 0 Å². The lowest BCUT2D eigenvalue weighted by Crippen LogP contribution is -2.30. The van der Waals surface area contributed by atoms with Gasteiger partial charge in [-0.25, -0.2) is 4.98 Å². The van der Waals surface area contributed by atoms with E-state index in [0.29, 0.717) is 24.3 Å². The van der Waals surface area contributed by atoms with Gasteiger partial charge in [0.25, 0.3) is 0 Å². The summed E-state index contributed by atoms with van der Waals surface area (Å²) in [7, 11) is 0. The van der Waals surface area contributed by atoms with E-state index in [2.05, 4.69) is 11.9 Å². The van der Waals surface area contributed by atoms with E-state index in [1.807, 2.05) is 6.92 Å². The van der Waals surface area contributed by atoms with Gasteiger partial charge in [-0.05, 0) is 62.3 Å². The van der Waals surface area contributed by atoms with E-state index >= 15 is 0 Å². The lowest BCUT2D eigenvalue weighted by molar-refractivity contribution is 0.0800. The fourth-order valence-corrected chi connectivity index (χ4v) is 3.19. The Labute approximate surface area is 132 Å². The van der Waals surface area contributed by atoms with Crippen LogP contribution in [0.15, 0.2) is 29.5 Å². The van der Waals surface area contributed by atoms with Gasteiger partial charge in [-0.15, -0.1) is 0 Å². The van der Waals surface area contributed by atoms with Gasteiger partial charge >= 0.3 is 0 Å². The van der Waals surface area contributed by atoms with E-state index in [1.54, 1.807) is 18.3 Å². The minimum Gasteiger partial charge on any atom is -0.487 e. The number of hydrogen-bond donors (Lipinski definition) is 1. The van der Waals surface area contributed by atoms with Crippen molar-refractivity contribution in [2.45, 2.75) is 58.0 Å². The lowest BCUT2D eigenvalue weighted by atomic mass is 9.80. The molecule has 1 unspecified atom stereocenters. The van der Waals surface area contributed by atoms with E-state index in [0.717, 1.165) is 44.1 Å². The van der Waals surface area contributed by atoms with Crippen molar-refractivity contribution < 1.29 is 14.6 Å². The third kappa shape index (κ3) is 3.95. The molecule has 0 fully saturated rings. The van der Waals surface area contributed by atoms with Crippen molar-refractivity contribution in [2.75, 3.05) is 6.61 Å². The number of carbonyl (C=O) groups is 1. The maximum absolute atomic E-state index is 11.0. The van der Waals surface area contributed by atoms with Crippen LogP contribution in [0.1, 0.15) is 62.9 Å². The van der Waals surface area contributed by atoms with Crippen LogP contribution in [0.3, 0.4) is 0 Å². The van der Waals surface area contributed by atoms with Crippen LogP contribution in [0.4, 0.5) is 0 Å². The molecule has 0 aromatic carbocycles. The third-order valence-electron chi connectivity index (χ3n) is 4.28. The first-order valence-electron chi connectivity index (χ1n) is 8.05. The highest BCUT2D eigenvalue weighted by Crippen LogP contribution is 2.35. The normalized spacial score (nSPS) is 18.0. The molecule has 0 saturated heterocycles. The molecule has 1 aliphatic carbocycles. The van der Waals surface area contributed by atoms with Crippen molar-refractivity contribution in [1.29, 1.82) is 0 Å². The zero-order valence-corrected chi connectivity index (χ0v) is 13.5. The number of aromatic nitrogens is 1. The van der Waals surface area contributed by atoms with Crippen LogP contribution in [-0.2, 0) is 0 Å². The van der Waals surface area contributed by atoms with Crippen LogP contribution in [0.5, 0.6) is 5.75 Å². The van der Waals surface area contributed by atoms with Gasteiger partial charge in [0.05, 0.1) is 5.60 Å². The lowest BCUT2D eigenvalue weighted by Gasteiger charge is -2.32. The number of aldehydes is 1. The SMILES string of the molecule is CCCC(C)(O)C1=C(COc2cccnc2C=O)CCCC1. The zero-order valence-electron chi connectivity index (χ0n) is 13.5. The quantitative estimate of drug-likeness (QED) is 0.616. The summed E-state index contributed by atoms with van der Waals surface area (Å²) in [5, 5.41) is 10.7. The molecule has 4 nitrogen and oxygen atoms in total. The summed E-state index contributed by atoms with van der Waals surface area (Å²) in [4.78, 5) is 15.0. The monoisotopic (exact) mass is 303 g/mol. The Kier molecular flexibility index (Phi) is 5.72. The summed E-state index contributed by atoms with van der Waals surface area (Å²) < 4.78 is 5.81. The minimum absolute atomic E-state index is 0.320. The Bertz CT molecular complexity index is 549. The summed E-state index contributed by atoms with van der Waals surface area (Å²) in [5.74, 6) is 0.505. The molecule has 0 saturated carbocycles.